The van der Waals surface area contributed by atoms with Crippen LogP contribution in [-0.2, 0) is 28.9 Å². The minimum atomic E-state index is -0.300. The van der Waals surface area contributed by atoms with E-state index in [0.29, 0.717) is 29.7 Å². The number of hydrogen-bond donors (Lipinski definition) is 2. The number of nitrogens with one attached hydrogen (secondary N) is 2. The standard InChI is InChI=1S/C27H29N5O3/c1-19(14-22-10-6-7-12-28-22)30-27(34)21-15-23-26(24(16-21)31-25(33)17-35-2)32(18-29-23)13-11-20-8-4-3-5-9-20/h3-10,12,15-16,18-19H,11,13-14,17H2,1-2H3,(H,30,34)(H,31,33)/t19-/m1/s1. The van der Waals surface area contributed by atoms with Gasteiger partial charge in [0.05, 0.1) is 23.0 Å². The van der Waals surface area contributed by atoms with Crippen LogP contribution in [-0.4, -0.2) is 46.1 Å². The van der Waals surface area contributed by atoms with Crippen molar-refractivity contribution in [3.05, 3.63) is 90.0 Å². The highest BCUT2D eigenvalue weighted by atomic mass is 16.5. The summed E-state index contributed by atoms with van der Waals surface area (Å²) in [6.45, 7) is 2.53. The molecule has 2 amide bonds. The molecule has 0 saturated carbocycles. The average Bonchev–Trinajstić information content (AvgIpc) is 3.27. The molecule has 8 heteroatoms. The fourth-order valence-corrected chi connectivity index (χ4v) is 4.01. The number of benzene rings is 2. The Morgan fingerprint density at radius 1 is 1.06 bits per heavy atom. The number of fused-ring (bicyclic) bond motifs is 1. The van der Waals surface area contributed by atoms with E-state index >= 15 is 0 Å². The first-order valence-electron chi connectivity index (χ1n) is 11.6. The van der Waals surface area contributed by atoms with Gasteiger partial charge in [0.1, 0.15) is 6.61 Å². The molecule has 35 heavy (non-hydrogen) atoms. The molecule has 0 saturated heterocycles. The third-order valence-corrected chi connectivity index (χ3v) is 5.63. The highest BCUT2D eigenvalue weighted by molar-refractivity contribution is 6.05. The largest absolute Gasteiger partial charge is 0.375 e. The van der Waals surface area contributed by atoms with Crippen molar-refractivity contribution < 1.29 is 14.3 Å². The zero-order valence-electron chi connectivity index (χ0n) is 19.9. The number of rotatable bonds is 10. The van der Waals surface area contributed by atoms with Gasteiger partial charge in [-0.05, 0) is 43.2 Å². The van der Waals surface area contributed by atoms with Crippen molar-refractivity contribution in [2.45, 2.75) is 32.4 Å². The van der Waals surface area contributed by atoms with Gasteiger partial charge in [-0.1, -0.05) is 36.4 Å². The van der Waals surface area contributed by atoms with Crippen LogP contribution in [0.3, 0.4) is 0 Å². The quantitative estimate of drug-likeness (QED) is 0.368. The van der Waals surface area contributed by atoms with E-state index in [-0.39, 0.29) is 24.5 Å². The average molecular weight is 472 g/mol. The summed E-state index contributed by atoms with van der Waals surface area (Å²) in [4.78, 5) is 34.3. The van der Waals surface area contributed by atoms with Gasteiger partial charge in [-0.25, -0.2) is 4.98 Å². The fraction of sp³-hybridized carbons (Fsp3) is 0.259. The number of aromatic nitrogens is 3. The van der Waals surface area contributed by atoms with Crippen molar-refractivity contribution in [2.75, 3.05) is 19.0 Å². The molecule has 2 aromatic carbocycles. The van der Waals surface area contributed by atoms with Gasteiger partial charge in [-0.15, -0.1) is 0 Å². The highest BCUT2D eigenvalue weighted by Gasteiger charge is 2.18. The molecule has 0 bridgehead atoms. The lowest BCUT2D eigenvalue weighted by molar-refractivity contribution is -0.119. The molecule has 2 aromatic heterocycles. The number of carbonyl (C=O) groups is 2. The van der Waals surface area contributed by atoms with Crippen molar-refractivity contribution in [2.24, 2.45) is 0 Å². The molecule has 0 aliphatic rings. The number of pyridine rings is 1. The Morgan fingerprint density at radius 3 is 2.60 bits per heavy atom. The molecule has 0 unspecified atom stereocenters. The Labute approximate surface area is 204 Å². The Kier molecular flexibility index (Phi) is 7.84. The van der Waals surface area contributed by atoms with Gasteiger partial charge in [0.15, 0.2) is 0 Å². The van der Waals surface area contributed by atoms with Crippen LogP contribution in [0, 0.1) is 0 Å². The van der Waals surface area contributed by atoms with Crippen LogP contribution < -0.4 is 10.6 Å². The molecule has 4 rings (SSSR count). The number of amides is 2. The van der Waals surface area contributed by atoms with Crippen molar-refractivity contribution >= 4 is 28.5 Å². The number of carbonyl (C=O) groups excluding carboxylic acids is 2. The molecule has 0 radical (unpaired) electrons. The zero-order valence-corrected chi connectivity index (χ0v) is 19.9. The first kappa shape index (κ1) is 24.1. The lowest BCUT2D eigenvalue weighted by Crippen LogP contribution is -2.34. The minimum absolute atomic E-state index is 0.0861. The van der Waals surface area contributed by atoms with Crippen molar-refractivity contribution in [3.8, 4) is 0 Å². The monoisotopic (exact) mass is 471 g/mol. The molecule has 4 aromatic rings. The highest BCUT2D eigenvalue weighted by Crippen LogP contribution is 2.26. The van der Waals surface area contributed by atoms with E-state index in [1.807, 2.05) is 47.9 Å². The van der Waals surface area contributed by atoms with E-state index < -0.39 is 0 Å². The number of ether oxygens (including phenoxy) is 1. The van der Waals surface area contributed by atoms with Crippen LogP contribution >= 0.6 is 0 Å². The molecule has 0 fully saturated rings. The molecule has 1 atom stereocenters. The summed E-state index contributed by atoms with van der Waals surface area (Å²) in [6.07, 6.45) is 4.90. The zero-order chi connectivity index (χ0) is 24.6. The van der Waals surface area contributed by atoms with Gasteiger partial charge < -0.3 is 19.9 Å². The summed E-state index contributed by atoms with van der Waals surface area (Å²) in [7, 11) is 1.46. The molecule has 0 aliphatic carbocycles. The van der Waals surface area contributed by atoms with Crippen LogP contribution in [0.25, 0.3) is 11.0 Å². The number of hydrogen-bond acceptors (Lipinski definition) is 5. The second-order valence-corrected chi connectivity index (χ2v) is 8.45. The maximum atomic E-state index is 13.1. The van der Waals surface area contributed by atoms with Crippen molar-refractivity contribution in [3.63, 3.8) is 0 Å². The molecule has 0 aliphatic heterocycles. The summed E-state index contributed by atoms with van der Waals surface area (Å²) in [5.41, 5.74) is 4.46. The van der Waals surface area contributed by atoms with Gasteiger partial charge in [-0.3, -0.25) is 14.6 Å². The predicted molar refractivity (Wildman–Crippen MR) is 135 cm³/mol. The molecule has 0 spiro atoms. The van der Waals surface area contributed by atoms with Gasteiger partial charge in [0.2, 0.25) is 5.91 Å². The third kappa shape index (κ3) is 6.30. The number of imidazole rings is 1. The molecular weight excluding hydrogens is 442 g/mol. The molecular formula is C27H29N5O3. The van der Waals surface area contributed by atoms with Crippen LogP contribution in [0.1, 0.15) is 28.5 Å². The first-order valence-corrected chi connectivity index (χ1v) is 11.6. The van der Waals surface area contributed by atoms with Gasteiger partial charge >= 0.3 is 0 Å². The second kappa shape index (κ2) is 11.4. The van der Waals surface area contributed by atoms with Gasteiger partial charge in [0, 0.05) is 43.6 Å². The van der Waals surface area contributed by atoms with Gasteiger partial charge in [0.25, 0.3) is 5.91 Å². The summed E-state index contributed by atoms with van der Waals surface area (Å²) in [5.74, 6) is -0.540. The summed E-state index contributed by atoms with van der Waals surface area (Å²) < 4.78 is 6.97. The minimum Gasteiger partial charge on any atom is -0.375 e. The van der Waals surface area contributed by atoms with E-state index in [0.717, 1.165) is 17.6 Å². The Morgan fingerprint density at radius 2 is 1.86 bits per heavy atom. The van der Waals surface area contributed by atoms with Crippen LogP contribution in [0.2, 0.25) is 0 Å². The van der Waals surface area contributed by atoms with Crippen LogP contribution in [0.15, 0.2) is 73.2 Å². The number of methoxy groups -OCH3 is 1. The third-order valence-electron chi connectivity index (χ3n) is 5.63. The smallest absolute Gasteiger partial charge is 0.251 e. The SMILES string of the molecule is COCC(=O)Nc1cc(C(=O)N[C@H](C)Cc2ccccn2)cc2ncn(CCc3ccccc3)c12. The lowest BCUT2D eigenvalue weighted by Gasteiger charge is -2.15. The van der Waals surface area contributed by atoms with E-state index in [9.17, 15) is 9.59 Å². The predicted octanol–water partition coefficient (Wildman–Crippen LogP) is 3.62. The number of aryl methyl sites for hydroxylation is 2. The number of anilines is 1. The molecule has 8 nitrogen and oxygen atoms in total. The molecule has 180 valence electrons. The topological polar surface area (TPSA) is 98.1 Å². The van der Waals surface area contributed by atoms with E-state index in [1.54, 1.807) is 24.7 Å². The summed E-state index contributed by atoms with van der Waals surface area (Å²) in [6, 6.07) is 19.2. The summed E-state index contributed by atoms with van der Waals surface area (Å²) in [5, 5.41) is 5.90. The first-order chi connectivity index (χ1) is 17.0. The second-order valence-electron chi connectivity index (χ2n) is 8.45. The van der Waals surface area contributed by atoms with E-state index in [4.69, 9.17) is 4.74 Å². The Hall–Kier alpha value is -4.04. The van der Waals surface area contributed by atoms with E-state index in [1.165, 1.54) is 12.7 Å². The molecule has 2 heterocycles. The maximum absolute atomic E-state index is 13.1. The Balaban J connectivity index is 1.58. The maximum Gasteiger partial charge on any atom is 0.251 e. The van der Waals surface area contributed by atoms with Crippen LogP contribution in [0.5, 0.6) is 0 Å². The lowest BCUT2D eigenvalue weighted by atomic mass is 10.1. The van der Waals surface area contributed by atoms with Crippen molar-refractivity contribution in [1.82, 2.24) is 19.9 Å². The fourth-order valence-electron chi connectivity index (χ4n) is 4.01. The van der Waals surface area contributed by atoms with Crippen LogP contribution in [0.4, 0.5) is 5.69 Å². The van der Waals surface area contributed by atoms with Gasteiger partial charge in [-0.2, -0.15) is 0 Å². The Bertz CT molecular complexity index is 1290. The van der Waals surface area contributed by atoms with Crippen molar-refractivity contribution in [1.29, 1.82) is 0 Å². The number of nitrogens with zero attached hydrogens (tertiary/aromatic N) is 3. The molecule has 2 N–H and O–H groups in total. The normalized spacial score (nSPS) is 11.8. The summed E-state index contributed by atoms with van der Waals surface area (Å²) >= 11 is 0. The van der Waals surface area contributed by atoms with E-state index in [2.05, 4.69) is 32.7 Å².